The number of esters is 1. The lowest BCUT2D eigenvalue weighted by Gasteiger charge is -2.22. The first-order valence-electron chi connectivity index (χ1n) is 13.8. The Morgan fingerprint density at radius 1 is 0.911 bits per heavy atom. The number of carbonyl (C=O) groups excluding carboxylic acids is 3. The summed E-state index contributed by atoms with van der Waals surface area (Å²) < 4.78 is 44.3. The first kappa shape index (κ1) is 32.5. The summed E-state index contributed by atoms with van der Waals surface area (Å²) in [6.07, 6.45) is -3.95. The molecule has 1 aromatic heterocycles. The topological polar surface area (TPSA) is 147 Å². The number of nitrogens with one attached hydrogen (secondary N) is 3. The monoisotopic (exact) mass is 622 g/mol. The summed E-state index contributed by atoms with van der Waals surface area (Å²) in [7, 11) is 0. The summed E-state index contributed by atoms with van der Waals surface area (Å²) in [5, 5.41) is 19.0. The van der Waals surface area contributed by atoms with Crippen molar-refractivity contribution in [2.75, 3.05) is 18.4 Å². The molecular weight excluding hydrogens is 593 g/mol. The highest BCUT2D eigenvalue weighted by atomic mass is 19.4. The largest absolute Gasteiger partial charge is 0.491 e. The second kappa shape index (κ2) is 14.8. The van der Waals surface area contributed by atoms with Crippen molar-refractivity contribution in [3.63, 3.8) is 0 Å². The number of anilines is 1. The van der Waals surface area contributed by atoms with Crippen LogP contribution in [0.25, 0.3) is 21.9 Å². The maximum Gasteiger partial charge on any atom is 0.491 e. The molecule has 3 aromatic carbocycles. The number of amides is 2. The van der Waals surface area contributed by atoms with Crippen LogP contribution in [0.1, 0.15) is 30.9 Å². The van der Waals surface area contributed by atoms with E-state index >= 15 is 0 Å². The van der Waals surface area contributed by atoms with Crippen LogP contribution < -0.4 is 20.7 Å². The van der Waals surface area contributed by atoms with Gasteiger partial charge in [0.25, 0.3) is 0 Å². The van der Waals surface area contributed by atoms with Crippen LogP contribution in [-0.2, 0) is 19.2 Å². The van der Waals surface area contributed by atoms with Crippen LogP contribution in [0.3, 0.4) is 0 Å². The van der Waals surface area contributed by atoms with E-state index in [0.29, 0.717) is 29.9 Å². The van der Waals surface area contributed by atoms with Gasteiger partial charge in [0.2, 0.25) is 11.8 Å². The summed E-state index contributed by atoms with van der Waals surface area (Å²) in [6.45, 7) is -0.0696. The maximum absolute atomic E-state index is 13.2. The van der Waals surface area contributed by atoms with Gasteiger partial charge in [0.15, 0.2) is 0 Å². The molecule has 234 valence electrons. The number of fused-ring (bicyclic) bond motifs is 1. The first-order valence-corrected chi connectivity index (χ1v) is 13.8. The lowest BCUT2D eigenvalue weighted by atomic mass is 9.94. The molecule has 4 rings (SSSR count). The van der Waals surface area contributed by atoms with Gasteiger partial charge in [0.1, 0.15) is 11.6 Å². The van der Waals surface area contributed by atoms with Gasteiger partial charge in [-0.15, -0.1) is 0 Å². The Morgan fingerprint density at radius 2 is 1.67 bits per heavy atom. The number of benzene rings is 3. The number of hydrogen-bond acceptors (Lipinski definition) is 7. The highest BCUT2D eigenvalue weighted by molar-refractivity contribution is 5.97. The Morgan fingerprint density at radius 3 is 2.40 bits per heavy atom. The Balaban J connectivity index is 1.50. The number of carbonyl (C=O) groups is 4. The van der Waals surface area contributed by atoms with Crippen LogP contribution in [0, 0.1) is 0 Å². The predicted octanol–water partition coefficient (Wildman–Crippen LogP) is 5.01. The third-order valence-electron chi connectivity index (χ3n) is 6.64. The molecule has 0 aliphatic rings. The molecular formula is C32H29F3N4O6. The van der Waals surface area contributed by atoms with E-state index in [9.17, 15) is 37.5 Å². The summed E-state index contributed by atoms with van der Waals surface area (Å²) in [6, 6.07) is 20.6. The van der Waals surface area contributed by atoms with E-state index in [4.69, 9.17) is 4.74 Å². The van der Waals surface area contributed by atoms with Crippen LogP contribution >= 0.6 is 0 Å². The summed E-state index contributed by atoms with van der Waals surface area (Å²) in [5.74, 6) is -5.06. The molecule has 1 unspecified atom stereocenters. The predicted molar refractivity (Wildman–Crippen MR) is 159 cm³/mol. The molecule has 45 heavy (non-hydrogen) atoms. The molecule has 4 N–H and O–H groups in total. The molecule has 0 aliphatic carbocycles. The molecule has 1 heterocycles. The number of alkyl halides is 3. The van der Waals surface area contributed by atoms with Crippen molar-refractivity contribution >= 4 is 40.3 Å². The maximum atomic E-state index is 13.2. The second-order valence-electron chi connectivity index (χ2n) is 9.91. The van der Waals surface area contributed by atoms with Gasteiger partial charge < -0.3 is 25.8 Å². The van der Waals surface area contributed by atoms with Crippen molar-refractivity contribution in [3.05, 3.63) is 90.6 Å². The highest BCUT2D eigenvalue weighted by Gasteiger charge is 2.42. The van der Waals surface area contributed by atoms with Crippen molar-refractivity contribution in [1.29, 1.82) is 0 Å². The molecule has 0 saturated carbocycles. The van der Waals surface area contributed by atoms with Crippen molar-refractivity contribution in [3.8, 4) is 16.9 Å². The van der Waals surface area contributed by atoms with Gasteiger partial charge >= 0.3 is 18.1 Å². The van der Waals surface area contributed by atoms with Gasteiger partial charge in [-0.1, -0.05) is 60.7 Å². The van der Waals surface area contributed by atoms with Crippen molar-refractivity contribution in [2.45, 2.75) is 31.5 Å². The minimum Gasteiger partial charge on any atom is -0.481 e. The molecule has 0 bridgehead atoms. The van der Waals surface area contributed by atoms with Crippen LogP contribution in [-0.4, -0.2) is 53.1 Å². The summed E-state index contributed by atoms with van der Waals surface area (Å²) in [4.78, 5) is 52.6. The Hall–Kier alpha value is -5.46. The summed E-state index contributed by atoms with van der Waals surface area (Å²) >= 11 is 0. The smallest absolute Gasteiger partial charge is 0.481 e. The Labute approximate surface area is 255 Å². The van der Waals surface area contributed by atoms with Gasteiger partial charge in [-0.3, -0.25) is 14.4 Å². The molecule has 2 amide bonds. The van der Waals surface area contributed by atoms with Gasteiger partial charge in [-0.2, -0.15) is 13.2 Å². The molecule has 13 heteroatoms. The fraction of sp³-hybridized carbons (Fsp3) is 0.219. The van der Waals surface area contributed by atoms with Gasteiger partial charge in [-0.05, 0) is 46.5 Å². The number of pyridine rings is 1. The fourth-order valence-corrected chi connectivity index (χ4v) is 4.57. The van der Waals surface area contributed by atoms with E-state index in [0.717, 1.165) is 10.8 Å². The number of carboxylic acids is 1. The number of hydrogen-bond donors (Lipinski definition) is 4. The van der Waals surface area contributed by atoms with E-state index in [1.807, 2.05) is 24.3 Å². The Kier molecular flexibility index (Phi) is 10.7. The Bertz CT molecular complexity index is 1680. The van der Waals surface area contributed by atoms with Crippen molar-refractivity contribution in [2.24, 2.45) is 0 Å². The number of rotatable bonds is 13. The third kappa shape index (κ3) is 9.26. The van der Waals surface area contributed by atoms with Crippen LogP contribution in [0.15, 0.2) is 85.1 Å². The summed E-state index contributed by atoms with van der Waals surface area (Å²) in [5.41, 5.74) is 0.853. The number of halogens is 3. The average Bonchev–Trinajstić information content (AvgIpc) is 3.01. The van der Waals surface area contributed by atoms with E-state index < -0.39 is 54.7 Å². The molecule has 0 saturated heterocycles. The zero-order valence-electron chi connectivity index (χ0n) is 23.8. The molecule has 0 fully saturated rings. The zero-order valence-corrected chi connectivity index (χ0v) is 23.8. The molecule has 0 aliphatic heterocycles. The standard InChI is InChI=1S/C32H29F3N4O6/c33-32(34,35)31(44)45-26-17-21(23-10-5-8-20-7-1-2-9-22(20)23)13-14-24(26)25(18-30(42)43)39-29(41)19-38-28(40)12-6-16-37-27-11-3-4-15-36-27/h1-5,7-11,13-15,17,25H,6,12,16,18-19H2,(H,36,37)(H,38,40)(H,39,41)(H,42,43). The normalized spacial score (nSPS) is 11.8. The van der Waals surface area contributed by atoms with E-state index in [2.05, 4.69) is 20.9 Å². The minimum atomic E-state index is -5.34. The third-order valence-corrected chi connectivity index (χ3v) is 6.64. The first-order chi connectivity index (χ1) is 21.5. The van der Waals surface area contributed by atoms with Gasteiger partial charge in [0.05, 0.1) is 19.0 Å². The van der Waals surface area contributed by atoms with E-state index in [-0.39, 0.29) is 12.0 Å². The number of ether oxygens (including phenoxy) is 1. The molecule has 0 spiro atoms. The van der Waals surface area contributed by atoms with Crippen LogP contribution in [0.4, 0.5) is 19.0 Å². The fourth-order valence-electron chi connectivity index (χ4n) is 4.57. The van der Waals surface area contributed by atoms with Crippen LogP contribution in [0.5, 0.6) is 5.75 Å². The van der Waals surface area contributed by atoms with Gasteiger partial charge in [-0.25, -0.2) is 9.78 Å². The van der Waals surface area contributed by atoms with Crippen molar-refractivity contribution in [1.82, 2.24) is 15.6 Å². The number of aliphatic carboxylic acids is 1. The van der Waals surface area contributed by atoms with Gasteiger partial charge in [0, 0.05) is 24.7 Å². The zero-order chi connectivity index (χ0) is 32.4. The average molecular weight is 623 g/mol. The quantitative estimate of drug-likeness (QED) is 0.0925. The molecule has 1 atom stereocenters. The highest BCUT2D eigenvalue weighted by Crippen LogP contribution is 2.36. The minimum absolute atomic E-state index is 0.0822. The number of carboxylic acid groups (broad SMARTS) is 1. The number of aromatic nitrogens is 1. The SMILES string of the molecule is O=C(O)CC(NC(=O)CNC(=O)CCCNc1ccccn1)c1ccc(-c2cccc3ccccc23)cc1OC(=O)C(F)(F)F. The lowest BCUT2D eigenvalue weighted by Crippen LogP contribution is -2.39. The van der Waals surface area contributed by atoms with Crippen LogP contribution in [0.2, 0.25) is 0 Å². The number of nitrogens with zero attached hydrogens (tertiary/aromatic N) is 1. The van der Waals surface area contributed by atoms with E-state index in [1.54, 1.807) is 42.6 Å². The molecule has 0 radical (unpaired) electrons. The van der Waals surface area contributed by atoms with Crippen molar-refractivity contribution < 1.29 is 42.2 Å². The molecule has 10 nitrogen and oxygen atoms in total. The van der Waals surface area contributed by atoms with E-state index in [1.165, 1.54) is 18.2 Å². The second-order valence-corrected chi connectivity index (χ2v) is 9.91. The molecule has 4 aromatic rings. The lowest BCUT2D eigenvalue weighted by molar-refractivity contribution is -0.189.